The number of nitrogens with zero attached hydrogens (tertiary/aromatic N) is 5. The Bertz CT molecular complexity index is 1340. The van der Waals surface area contributed by atoms with Gasteiger partial charge in [-0.15, -0.1) is 0 Å². The number of pyridine rings is 1. The summed E-state index contributed by atoms with van der Waals surface area (Å²) < 4.78 is 0.351. The fraction of sp³-hybridized carbons (Fsp3) is 0.222. The van der Waals surface area contributed by atoms with Gasteiger partial charge < -0.3 is 10.2 Å². The number of aromatic nitrogens is 1. The lowest BCUT2D eigenvalue weighted by Gasteiger charge is -2.29. The minimum atomic E-state index is -0.225. The number of hydrogen-bond donors (Lipinski definition) is 1. The molecule has 8 heteroatoms. The zero-order chi connectivity index (χ0) is 24.6. The van der Waals surface area contributed by atoms with Crippen LogP contribution in [0, 0.1) is 6.92 Å². The fourth-order valence-electron chi connectivity index (χ4n) is 4.82. The van der Waals surface area contributed by atoms with Gasteiger partial charge in [0.15, 0.2) is 5.70 Å². The Morgan fingerprint density at radius 1 is 1.23 bits per heavy atom. The van der Waals surface area contributed by atoms with Crippen molar-refractivity contribution in [2.45, 2.75) is 25.8 Å². The standard InChI is InChI=1S/C27H26N6O2/c1-4-24(34)32-14-5-6-21(32)25-22-17-28-13-15-33(22,3)26(31-25)19-7-9-20(10-8-19)27(35)30-23-16-18(2)11-12-29-23/h4,7-13,15-17,21H,1,5-6,14H2,2-3H3/p+1. The lowest BCUT2D eigenvalue weighted by molar-refractivity contribution is -0.713. The topological polar surface area (TPSA) is 87.0 Å². The fourth-order valence-corrected chi connectivity index (χ4v) is 4.82. The van der Waals surface area contributed by atoms with Crippen molar-refractivity contribution in [1.82, 2.24) is 9.88 Å². The van der Waals surface area contributed by atoms with Crippen molar-refractivity contribution in [1.29, 1.82) is 0 Å². The average Bonchev–Trinajstić information content (AvgIpc) is 3.46. The van der Waals surface area contributed by atoms with Gasteiger partial charge in [0.1, 0.15) is 17.7 Å². The highest BCUT2D eigenvalue weighted by Gasteiger charge is 2.46. The first-order valence-corrected chi connectivity index (χ1v) is 11.6. The predicted molar refractivity (Wildman–Crippen MR) is 136 cm³/mol. The second kappa shape index (κ2) is 8.88. The monoisotopic (exact) mass is 467 g/mol. The lowest BCUT2D eigenvalue weighted by Crippen LogP contribution is -2.43. The van der Waals surface area contributed by atoms with Crippen LogP contribution in [0.1, 0.15) is 34.3 Å². The summed E-state index contributed by atoms with van der Waals surface area (Å²) in [6, 6.07) is 11.0. The summed E-state index contributed by atoms with van der Waals surface area (Å²) in [5.74, 6) is 1.03. The minimum Gasteiger partial charge on any atom is -0.330 e. The summed E-state index contributed by atoms with van der Waals surface area (Å²) in [5, 5.41) is 2.84. The first-order valence-electron chi connectivity index (χ1n) is 11.6. The van der Waals surface area contributed by atoms with E-state index in [1.54, 1.807) is 24.5 Å². The van der Waals surface area contributed by atoms with Gasteiger partial charge in [0, 0.05) is 18.3 Å². The molecule has 2 aromatic rings. The number of aryl methyl sites for hydroxylation is 1. The number of allylic oxidation sites excluding steroid dienone is 1. The molecule has 5 rings (SSSR count). The molecule has 1 aromatic carbocycles. The van der Waals surface area contributed by atoms with Crippen LogP contribution in [-0.2, 0) is 4.79 Å². The molecule has 4 heterocycles. The molecule has 0 saturated carbocycles. The summed E-state index contributed by atoms with van der Waals surface area (Å²) in [7, 11) is 2.06. The Balaban J connectivity index is 1.44. The second-order valence-electron chi connectivity index (χ2n) is 9.00. The number of anilines is 1. The van der Waals surface area contributed by atoms with Gasteiger partial charge in [-0.05, 0) is 67.8 Å². The van der Waals surface area contributed by atoms with E-state index in [0.29, 0.717) is 22.4 Å². The van der Waals surface area contributed by atoms with Crippen LogP contribution in [-0.4, -0.2) is 57.9 Å². The van der Waals surface area contributed by atoms with Crippen LogP contribution < -0.4 is 5.32 Å². The first-order chi connectivity index (χ1) is 16.9. The van der Waals surface area contributed by atoms with Crippen LogP contribution in [0.5, 0.6) is 0 Å². The van der Waals surface area contributed by atoms with Crippen molar-refractivity contribution < 1.29 is 14.1 Å². The molecule has 0 spiro atoms. The molecule has 1 N–H and O–H groups in total. The third-order valence-electron chi connectivity index (χ3n) is 6.67. The van der Waals surface area contributed by atoms with Gasteiger partial charge in [0.05, 0.1) is 31.1 Å². The molecule has 3 aliphatic rings. The molecule has 176 valence electrons. The summed E-state index contributed by atoms with van der Waals surface area (Å²) >= 11 is 0. The first kappa shape index (κ1) is 22.6. The number of carbonyl (C=O) groups is 2. The van der Waals surface area contributed by atoms with Crippen molar-refractivity contribution in [2.24, 2.45) is 9.98 Å². The second-order valence-corrected chi connectivity index (χ2v) is 9.00. The van der Waals surface area contributed by atoms with Gasteiger partial charge in [-0.2, -0.15) is 4.99 Å². The Labute approximate surface area is 204 Å². The Kier molecular flexibility index (Phi) is 5.74. The summed E-state index contributed by atoms with van der Waals surface area (Å²) in [6.45, 7) is 6.29. The molecule has 0 aliphatic carbocycles. The van der Waals surface area contributed by atoms with Gasteiger partial charge in [-0.1, -0.05) is 6.58 Å². The van der Waals surface area contributed by atoms with E-state index in [2.05, 4.69) is 28.9 Å². The van der Waals surface area contributed by atoms with Crippen LogP contribution in [0.15, 0.2) is 89.0 Å². The molecule has 8 nitrogen and oxygen atoms in total. The van der Waals surface area contributed by atoms with E-state index in [-0.39, 0.29) is 17.9 Å². The number of carbonyl (C=O) groups excluding carboxylic acids is 2. The number of hydrogen-bond acceptors (Lipinski definition) is 5. The third kappa shape index (κ3) is 4.02. The normalized spacial score (nSPS) is 22.7. The van der Waals surface area contributed by atoms with Gasteiger partial charge in [-0.3, -0.25) is 14.6 Å². The highest BCUT2D eigenvalue weighted by atomic mass is 16.2. The summed E-state index contributed by atoms with van der Waals surface area (Å²) in [6.07, 6.45) is 10.4. The van der Waals surface area contributed by atoms with E-state index in [1.165, 1.54) is 6.08 Å². The molecule has 2 atom stereocenters. The van der Waals surface area contributed by atoms with E-state index in [1.807, 2.05) is 48.5 Å². The zero-order valence-corrected chi connectivity index (χ0v) is 19.8. The van der Waals surface area contributed by atoms with Gasteiger partial charge in [0.25, 0.3) is 5.91 Å². The minimum absolute atomic E-state index is 0.0831. The molecule has 1 fully saturated rings. The number of amides is 2. The molecular weight excluding hydrogens is 440 g/mol. The maximum atomic E-state index is 12.7. The van der Waals surface area contributed by atoms with Crippen molar-refractivity contribution >= 4 is 29.7 Å². The quantitative estimate of drug-likeness (QED) is 0.536. The van der Waals surface area contributed by atoms with E-state index < -0.39 is 0 Å². The van der Waals surface area contributed by atoms with Gasteiger partial charge in [0.2, 0.25) is 11.7 Å². The molecular formula is C27H27N6O2+. The van der Waals surface area contributed by atoms with Crippen molar-refractivity contribution in [2.75, 3.05) is 18.9 Å². The van der Waals surface area contributed by atoms with E-state index in [4.69, 9.17) is 4.99 Å². The smallest absolute Gasteiger partial charge is 0.256 e. The lowest BCUT2D eigenvalue weighted by atomic mass is 10.1. The van der Waals surface area contributed by atoms with Gasteiger partial charge >= 0.3 is 0 Å². The zero-order valence-electron chi connectivity index (χ0n) is 19.8. The maximum Gasteiger partial charge on any atom is 0.256 e. The van der Waals surface area contributed by atoms with E-state index >= 15 is 0 Å². The maximum absolute atomic E-state index is 12.7. The molecule has 1 saturated heterocycles. The van der Waals surface area contributed by atoms with Crippen LogP contribution in [0.2, 0.25) is 0 Å². The van der Waals surface area contributed by atoms with Crippen molar-refractivity contribution in [3.8, 4) is 0 Å². The summed E-state index contributed by atoms with van der Waals surface area (Å²) in [5.41, 5.74) is 4.25. The number of benzene rings is 1. The number of quaternary nitrogens is 1. The molecule has 3 aliphatic heterocycles. The van der Waals surface area contributed by atoms with Crippen molar-refractivity contribution in [3.63, 3.8) is 0 Å². The number of aliphatic imine (C=N–C) groups is 2. The number of rotatable bonds is 5. The van der Waals surface area contributed by atoms with Crippen LogP contribution in [0.3, 0.4) is 0 Å². The highest BCUT2D eigenvalue weighted by Crippen LogP contribution is 2.38. The third-order valence-corrected chi connectivity index (χ3v) is 6.67. The highest BCUT2D eigenvalue weighted by molar-refractivity contribution is 6.05. The Morgan fingerprint density at radius 2 is 2.03 bits per heavy atom. The Morgan fingerprint density at radius 3 is 2.77 bits per heavy atom. The SMILES string of the molecule is C=CC(=O)N1CCCC1C1=C2C=NC=C[N+]2(C)C(c2ccc(C(=O)Nc3cc(C)ccn3)cc2)=N1. The molecule has 2 amide bonds. The average molecular weight is 468 g/mol. The van der Waals surface area contributed by atoms with Crippen LogP contribution >= 0.6 is 0 Å². The predicted octanol–water partition coefficient (Wildman–Crippen LogP) is 3.79. The van der Waals surface area contributed by atoms with E-state index in [0.717, 1.165) is 41.2 Å². The number of fused-ring (bicyclic) bond motifs is 1. The van der Waals surface area contributed by atoms with E-state index in [9.17, 15) is 9.59 Å². The molecule has 2 unspecified atom stereocenters. The number of amidine groups is 1. The molecule has 35 heavy (non-hydrogen) atoms. The van der Waals surface area contributed by atoms with Gasteiger partial charge in [-0.25, -0.2) is 9.47 Å². The molecule has 0 bridgehead atoms. The number of likely N-dealkylation sites (tertiary alicyclic amines) is 1. The molecule has 0 radical (unpaired) electrons. The van der Waals surface area contributed by atoms with Crippen LogP contribution in [0.25, 0.3) is 0 Å². The number of nitrogens with one attached hydrogen (secondary N) is 1. The largest absolute Gasteiger partial charge is 0.330 e. The molecule has 1 aromatic heterocycles. The summed E-state index contributed by atoms with van der Waals surface area (Å²) in [4.78, 5) is 40.7. The Hall–Kier alpha value is -4.17. The van der Waals surface area contributed by atoms with Crippen LogP contribution in [0.4, 0.5) is 5.82 Å². The van der Waals surface area contributed by atoms with Crippen molar-refractivity contribution in [3.05, 3.63) is 95.7 Å².